The number of nitrogens with zero attached hydrogens (tertiary/aromatic N) is 2. The average molecular weight is 292 g/mol. The molecule has 0 atom stereocenters. The summed E-state index contributed by atoms with van der Waals surface area (Å²) in [6, 6.07) is 15.2. The molecule has 3 aromatic rings. The van der Waals surface area contributed by atoms with E-state index in [1.54, 1.807) is 24.8 Å². The molecular formula is C18H16N2O2. The molecule has 0 unspecified atom stereocenters. The summed E-state index contributed by atoms with van der Waals surface area (Å²) in [5, 5.41) is 0. The Morgan fingerprint density at radius 1 is 1.09 bits per heavy atom. The minimum absolute atomic E-state index is 0.113. The van der Waals surface area contributed by atoms with Gasteiger partial charge < -0.3 is 9.30 Å². The number of aromatic nitrogens is 2. The summed E-state index contributed by atoms with van der Waals surface area (Å²) in [6.07, 6.45) is 3.60. The molecular weight excluding hydrogens is 276 g/mol. The highest BCUT2D eigenvalue weighted by Gasteiger charge is 2.05. The number of para-hydroxylation sites is 2. The van der Waals surface area contributed by atoms with Crippen LogP contribution in [0.5, 0.6) is 5.75 Å². The van der Waals surface area contributed by atoms with Crippen molar-refractivity contribution in [3.63, 3.8) is 0 Å². The van der Waals surface area contributed by atoms with E-state index in [0.717, 1.165) is 22.3 Å². The first kappa shape index (κ1) is 14.1. The molecule has 110 valence electrons. The Hall–Kier alpha value is -2.88. The fourth-order valence-corrected chi connectivity index (χ4v) is 2.33. The summed E-state index contributed by atoms with van der Waals surface area (Å²) in [6.45, 7) is 0. The van der Waals surface area contributed by atoms with Crippen LogP contribution in [0.25, 0.3) is 23.2 Å². The van der Waals surface area contributed by atoms with E-state index in [9.17, 15) is 4.79 Å². The molecule has 0 amide bonds. The van der Waals surface area contributed by atoms with Crippen LogP contribution in [0.15, 0.2) is 53.3 Å². The summed E-state index contributed by atoms with van der Waals surface area (Å²) in [4.78, 5) is 16.8. The number of aryl methyl sites for hydroxylation is 1. The Kier molecular flexibility index (Phi) is 3.74. The van der Waals surface area contributed by atoms with E-state index in [0.29, 0.717) is 5.69 Å². The van der Waals surface area contributed by atoms with Crippen LogP contribution in [0.1, 0.15) is 11.3 Å². The third-order valence-corrected chi connectivity index (χ3v) is 3.54. The summed E-state index contributed by atoms with van der Waals surface area (Å²) >= 11 is 0. The standard InChI is InChI=1S/C18H16N2O2/c1-20-17-9-4-3-8-15(17)19-16(18(20)21)11-10-13-6-5-7-14(12-13)22-2/h3-12H,1-2H3. The van der Waals surface area contributed by atoms with Crippen molar-refractivity contribution in [2.45, 2.75) is 0 Å². The zero-order valence-electron chi connectivity index (χ0n) is 12.5. The molecule has 1 aromatic heterocycles. The van der Waals surface area contributed by atoms with Crippen molar-refractivity contribution in [3.8, 4) is 5.75 Å². The molecule has 0 bridgehead atoms. The number of hydrogen-bond donors (Lipinski definition) is 0. The van der Waals surface area contributed by atoms with Gasteiger partial charge in [0, 0.05) is 7.05 Å². The topological polar surface area (TPSA) is 44.1 Å². The zero-order chi connectivity index (χ0) is 15.5. The Morgan fingerprint density at radius 3 is 2.73 bits per heavy atom. The number of methoxy groups -OCH3 is 1. The van der Waals surface area contributed by atoms with Gasteiger partial charge in [0.15, 0.2) is 0 Å². The van der Waals surface area contributed by atoms with Gasteiger partial charge in [0.1, 0.15) is 11.4 Å². The van der Waals surface area contributed by atoms with Gasteiger partial charge in [-0.25, -0.2) is 4.98 Å². The van der Waals surface area contributed by atoms with Gasteiger partial charge in [0.05, 0.1) is 18.1 Å². The third kappa shape index (κ3) is 2.63. The maximum absolute atomic E-state index is 12.4. The molecule has 0 spiro atoms. The second-order valence-electron chi connectivity index (χ2n) is 4.96. The second-order valence-corrected chi connectivity index (χ2v) is 4.96. The van der Waals surface area contributed by atoms with E-state index in [1.807, 2.05) is 54.6 Å². The highest BCUT2D eigenvalue weighted by molar-refractivity contribution is 5.77. The van der Waals surface area contributed by atoms with Crippen molar-refractivity contribution in [1.29, 1.82) is 0 Å². The van der Waals surface area contributed by atoms with Crippen molar-refractivity contribution < 1.29 is 4.74 Å². The van der Waals surface area contributed by atoms with Crippen molar-refractivity contribution in [3.05, 3.63) is 70.1 Å². The Morgan fingerprint density at radius 2 is 1.91 bits per heavy atom. The van der Waals surface area contributed by atoms with Crippen molar-refractivity contribution in [1.82, 2.24) is 9.55 Å². The summed E-state index contributed by atoms with van der Waals surface area (Å²) < 4.78 is 6.81. The van der Waals surface area contributed by atoms with Gasteiger partial charge in [-0.3, -0.25) is 4.79 Å². The van der Waals surface area contributed by atoms with Crippen LogP contribution in [-0.4, -0.2) is 16.7 Å². The number of fused-ring (bicyclic) bond motifs is 1. The average Bonchev–Trinajstić information content (AvgIpc) is 2.57. The second kappa shape index (κ2) is 5.85. The Balaban J connectivity index is 2.05. The first-order chi connectivity index (χ1) is 10.7. The molecule has 0 radical (unpaired) electrons. The van der Waals surface area contributed by atoms with Gasteiger partial charge in [-0.1, -0.05) is 30.3 Å². The maximum atomic E-state index is 12.4. The van der Waals surface area contributed by atoms with E-state index in [1.165, 1.54) is 0 Å². The van der Waals surface area contributed by atoms with Crippen LogP contribution < -0.4 is 10.3 Å². The molecule has 0 saturated heterocycles. The fourth-order valence-electron chi connectivity index (χ4n) is 2.33. The van der Waals surface area contributed by atoms with Gasteiger partial charge in [0.2, 0.25) is 0 Å². The molecule has 4 heteroatoms. The Bertz CT molecular complexity index is 910. The largest absolute Gasteiger partial charge is 0.497 e. The fraction of sp³-hybridized carbons (Fsp3) is 0.111. The molecule has 0 saturated carbocycles. The van der Waals surface area contributed by atoms with E-state index in [2.05, 4.69) is 4.98 Å². The van der Waals surface area contributed by atoms with Crippen molar-refractivity contribution >= 4 is 23.2 Å². The lowest BCUT2D eigenvalue weighted by molar-refractivity contribution is 0.414. The Labute approximate surface area is 128 Å². The van der Waals surface area contributed by atoms with Crippen LogP contribution in [-0.2, 0) is 7.05 Å². The van der Waals surface area contributed by atoms with E-state index in [4.69, 9.17) is 4.74 Å². The zero-order valence-corrected chi connectivity index (χ0v) is 12.5. The van der Waals surface area contributed by atoms with E-state index >= 15 is 0 Å². The maximum Gasteiger partial charge on any atom is 0.276 e. The monoisotopic (exact) mass is 292 g/mol. The molecule has 22 heavy (non-hydrogen) atoms. The van der Waals surface area contributed by atoms with Gasteiger partial charge in [0.25, 0.3) is 5.56 Å². The van der Waals surface area contributed by atoms with Crippen LogP contribution >= 0.6 is 0 Å². The summed E-state index contributed by atoms with van der Waals surface area (Å²) in [7, 11) is 3.39. The normalized spacial score (nSPS) is 11.2. The molecule has 1 heterocycles. The first-order valence-corrected chi connectivity index (χ1v) is 6.97. The lowest BCUT2D eigenvalue weighted by Gasteiger charge is -2.05. The van der Waals surface area contributed by atoms with Crippen molar-refractivity contribution in [2.75, 3.05) is 7.11 Å². The quantitative estimate of drug-likeness (QED) is 0.745. The minimum atomic E-state index is -0.113. The lowest BCUT2D eigenvalue weighted by Crippen LogP contribution is -2.21. The number of ether oxygens (including phenoxy) is 1. The predicted molar refractivity (Wildman–Crippen MR) is 88.9 cm³/mol. The van der Waals surface area contributed by atoms with E-state index < -0.39 is 0 Å². The molecule has 3 rings (SSSR count). The van der Waals surface area contributed by atoms with Crippen LogP contribution in [0.4, 0.5) is 0 Å². The molecule has 0 N–H and O–H groups in total. The first-order valence-electron chi connectivity index (χ1n) is 6.97. The summed E-state index contributed by atoms with van der Waals surface area (Å²) in [5.74, 6) is 0.779. The molecule has 0 fully saturated rings. The smallest absolute Gasteiger partial charge is 0.276 e. The van der Waals surface area contributed by atoms with Crippen LogP contribution in [0, 0.1) is 0 Å². The molecule has 2 aromatic carbocycles. The minimum Gasteiger partial charge on any atom is -0.497 e. The molecule has 4 nitrogen and oxygen atoms in total. The predicted octanol–water partition coefficient (Wildman–Crippen LogP) is 3.11. The van der Waals surface area contributed by atoms with Crippen LogP contribution in [0.2, 0.25) is 0 Å². The lowest BCUT2D eigenvalue weighted by atomic mass is 10.2. The van der Waals surface area contributed by atoms with Gasteiger partial charge >= 0.3 is 0 Å². The molecule has 0 aliphatic rings. The van der Waals surface area contributed by atoms with Gasteiger partial charge in [-0.05, 0) is 35.9 Å². The van der Waals surface area contributed by atoms with Crippen molar-refractivity contribution in [2.24, 2.45) is 7.05 Å². The third-order valence-electron chi connectivity index (χ3n) is 3.54. The highest BCUT2D eigenvalue weighted by Crippen LogP contribution is 2.15. The molecule has 0 aliphatic heterocycles. The van der Waals surface area contributed by atoms with Gasteiger partial charge in [-0.15, -0.1) is 0 Å². The molecule has 0 aliphatic carbocycles. The van der Waals surface area contributed by atoms with Gasteiger partial charge in [-0.2, -0.15) is 0 Å². The van der Waals surface area contributed by atoms with Crippen LogP contribution in [0.3, 0.4) is 0 Å². The number of rotatable bonds is 3. The highest BCUT2D eigenvalue weighted by atomic mass is 16.5. The summed E-state index contributed by atoms with van der Waals surface area (Å²) in [5.41, 5.74) is 2.89. The number of benzene rings is 2. The van der Waals surface area contributed by atoms with E-state index in [-0.39, 0.29) is 5.56 Å². The number of hydrogen-bond acceptors (Lipinski definition) is 3. The SMILES string of the molecule is COc1cccc(C=Cc2nc3ccccc3n(C)c2=O)c1.